The summed E-state index contributed by atoms with van der Waals surface area (Å²) in [5.74, 6) is 2.06. The molecule has 0 aliphatic rings. The number of nitrogens with zero attached hydrogens (tertiary/aromatic N) is 2. The Labute approximate surface area is 119 Å². The van der Waals surface area contributed by atoms with E-state index in [0.717, 1.165) is 25.2 Å². The molecule has 0 saturated carbocycles. The van der Waals surface area contributed by atoms with Gasteiger partial charge in [0.2, 0.25) is 5.75 Å². The van der Waals surface area contributed by atoms with Gasteiger partial charge in [0.25, 0.3) is 0 Å². The third kappa shape index (κ3) is 3.60. The zero-order valence-corrected chi connectivity index (χ0v) is 11.9. The average molecular weight is 272 g/mol. The van der Waals surface area contributed by atoms with Gasteiger partial charge >= 0.3 is 0 Å². The first-order chi connectivity index (χ1) is 9.85. The summed E-state index contributed by atoms with van der Waals surface area (Å²) in [7, 11) is 3.43. The first-order valence-electron chi connectivity index (χ1n) is 6.69. The summed E-state index contributed by atoms with van der Waals surface area (Å²) in [4.78, 5) is 8.33. The van der Waals surface area contributed by atoms with E-state index >= 15 is 0 Å². The maximum absolute atomic E-state index is 5.33. The lowest BCUT2D eigenvalue weighted by molar-refractivity contribution is 0.415. The average Bonchev–Trinajstić information content (AvgIpc) is 2.52. The molecular formula is C15H20N4O. The van der Waals surface area contributed by atoms with Crippen LogP contribution in [-0.2, 0) is 6.42 Å². The Bertz CT molecular complexity index is 531. The number of nitrogens with one attached hydrogen (secondary N) is 2. The molecule has 1 aromatic heterocycles. The quantitative estimate of drug-likeness (QED) is 0.759. The fourth-order valence-corrected chi connectivity index (χ4v) is 2.02. The fraction of sp³-hybridized carbons (Fsp3) is 0.333. The summed E-state index contributed by atoms with van der Waals surface area (Å²) in [6.45, 7) is 0.839. The van der Waals surface area contributed by atoms with Crippen molar-refractivity contribution >= 4 is 11.6 Å². The van der Waals surface area contributed by atoms with Gasteiger partial charge in [-0.3, -0.25) is 0 Å². The Morgan fingerprint density at radius 3 is 2.55 bits per heavy atom. The van der Waals surface area contributed by atoms with Gasteiger partial charge in [0.1, 0.15) is 6.33 Å². The minimum atomic E-state index is 0.648. The van der Waals surface area contributed by atoms with Crippen molar-refractivity contribution in [1.29, 1.82) is 0 Å². The van der Waals surface area contributed by atoms with E-state index in [-0.39, 0.29) is 0 Å². The lowest BCUT2D eigenvalue weighted by atomic mass is 10.1. The molecule has 0 aliphatic carbocycles. The Kier molecular flexibility index (Phi) is 5.17. The summed E-state index contributed by atoms with van der Waals surface area (Å²) < 4.78 is 5.33. The fourth-order valence-electron chi connectivity index (χ4n) is 2.02. The minimum absolute atomic E-state index is 0.648. The smallest absolute Gasteiger partial charge is 0.204 e. The van der Waals surface area contributed by atoms with E-state index in [1.807, 2.05) is 13.1 Å². The first-order valence-corrected chi connectivity index (χ1v) is 6.69. The van der Waals surface area contributed by atoms with Gasteiger partial charge in [-0.15, -0.1) is 0 Å². The molecule has 0 radical (unpaired) electrons. The van der Waals surface area contributed by atoms with Gasteiger partial charge in [0, 0.05) is 13.6 Å². The molecule has 0 unspecified atom stereocenters. The van der Waals surface area contributed by atoms with E-state index in [1.54, 1.807) is 7.11 Å². The Morgan fingerprint density at radius 2 is 1.85 bits per heavy atom. The second-order valence-electron chi connectivity index (χ2n) is 4.37. The molecule has 0 fully saturated rings. The number of methoxy groups -OCH3 is 1. The molecule has 20 heavy (non-hydrogen) atoms. The number of hydrogen-bond acceptors (Lipinski definition) is 5. The number of aromatic nitrogens is 2. The van der Waals surface area contributed by atoms with Gasteiger partial charge in [-0.2, -0.15) is 0 Å². The van der Waals surface area contributed by atoms with Gasteiger partial charge in [0.05, 0.1) is 7.11 Å². The molecular weight excluding hydrogens is 252 g/mol. The number of rotatable bonds is 7. The first kappa shape index (κ1) is 14.1. The monoisotopic (exact) mass is 272 g/mol. The molecule has 0 spiro atoms. The summed E-state index contributed by atoms with van der Waals surface area (Å²) in [6, 6.07) is 10.5. The molecule has 0 atom stereocenters. The van der Waals surface area contributed by atoms with Gasteiger partial charge in [-0.25, -0.2) is 9.97 Å². The van der Waals surface area contributed by atoms with Crippen LogP contribution in [0.25, 0.3) is 0 Å². The lowest BCUT2D eigenvalue weighted by Gasteiger charge is -2.12. The van der Waals surface area contributed by atoms with Crippen molar-refractivity contribution in [2.24, 2.45) is 0 Å². The maximum Gasteiger partial charge on any atom is 0.204 e. The molecule has 0 amide bonds. The Morgan fingerprint density at radius 1 is 1.10 bits per heavy atom. The molecule has 0 bridgehead atoms. The van der Waals surface area contributed by atoms with E-state index in [1.165, 1.54) is 11.9 Å². The van der Waals surface area contributed by atoms with Crippen LogP contribution in [0, 0.1) is 0 Å². The molecule has 5 nitrogen and oxygen atoms in total. The van der Waals surface area contributed by atoms with E-state index in [9.17, 15) is 0 Å². The lowest BCUT2D eigenvalue weighted by Crippen LogP contribution is -2.08. The van der Waals surface area contributed by atoms with E-state index < -0.39 is 0 Å². The van der Waals surface area contributed by atoms with Crippen molar-refractivity contribution in [3.05, 3.63) is 42.2 Å². The summed E-state index contributed by atoms with van der Waals surface area (Å²) in [6.07, 6.45) is 3.60. The topological polar surface area (TPSA) is 59.1 Å². The van der Waals surface area contributed by atoms with Crippen LogP contribution in [0.2, 0.25) is 0 Å². The highest BCUT2D eigenvalue weighted by Gasteiger charge is 2.09. The Balaban J connectivity index is 1.88. The highest BCUT2D eigenvalue weighted by molar-refractivity contribution is 5.63. The van der Waals surface area contributed by atoms with Crippen molar-refractivity contribution in [1.82, 2.24) is 9.97 Å². The number of aryl methyl sites for hydroxylation is 1. The van der Waals surface area contributed by atoms with Gasteiger partial charge in [0.15, 0.2) is 11.6 Å². The molecule has 1 aromatic carbocycles. The van der Waals surface area contributed by atoms with E-state index in [0.29, 0.717) is 11.6 Å². The molecule has 5 heteroatoms. The van der Waals surface area contributed by atoms with Crippen molar-refractivity contribution in [2.45, 2.75) is 12.8 Å². The predicted molar refractivity (Wildman–Crippen MR) is 81.4 cm³/mol. The molecule has 2 N–H and O–H groups in total. The predicted octanol–water partition coefficient (Wildman–Crippen LogP) is 2.57. The van der Waals surface area contributed by atoms with E-state index in [2.05, 4.69) is 44.9 Å². The van der Waals surface area contributed by atoms with E-state index in [4.69, 9.17) is 4.74 Å². The van der Waals surface area contributed by atoms with Crippen LogP contribution in [-0.4, -0.2) is 30.7 Å². The Hall–Kier alpha value is -2.30. The third-order valence-electron chi connectivity index (χ3n) is 3.02. The number of anilines is 2. The van der Waals surface area contributed by atoms with Crippen molar-refractivity contribution in [2.75, 3.05) is 31.3 Å². The normalized spacial score (nSPS) is 10.1. The van der Waals surface area contributed by atoms with Gasteiger partial charge in [-0.1, -0.05) is 30.3 Å². The number of ether oxygens (including phenoxy) is 1. The maximum atomic E-state index is 5.33. The van der Waals surface area contributed by atoms with Crippen LogP contribution < -0.4 is 15.4 Å². The van der Waals surface area contributed by atoms with Crippen LogP contribution in [0.5, 0.6) is 5.75 Å². The van der Waals surface area contributed by atoms with Gasteiger partial charge in [-0.05, 0) is 18.4 Å². The van der Waals surface area contributed by atoms with Crippen LogP contribution in [0.1, 0.15) is 12.0 Å². The largest absolute Gasteiger partial charge is 0.490 e. The van der Waals surface area contributed by atoms with Crippen molar-refractivity contribution in [3.8, 4) is 5.75 Å². The minimum Gasteiger partial charge on any atom is -0.490 e. The van der Waals surface area contributed by atoms with Crippen LogP contribution in [0.3, 0.4) is 0 Å². The SMILES string of the molecule is CNc1ncnc(NCCCc2ccccc2)c1OC. The third-order valence-corrected chi connectivity index (χ3v) is 3.02. The van der Waals surface area contributed by atoms with Crippen molar-refractivity contribution in [3.63, 3.8) is 0 Å². The second kappa shape index (κ2) is 7.33. The molecule has 106 valence electrons. The van der Waals surface area contributed by atoms with Crippen LogP contribution in [0.15, 0.2) is 36.7 Å². The number of hydrogen-bond donors (Lipinski definition) is 2. The summed E-state index contributed by atoms with van der Waals surface area (Å²) >= 11 is 0. The number of benzene rings is 1. The zero-order chi connectivity index (χ0) is 14.2. The van der Waals surface area contributed by atoms with Crippen LogP contribution in [0.4, 0.5) is 11.6 Å². The highest BCUT2D eigenvalue weighted by Crippen LogP contribution is 2.28. The summed E-state index contributed by atoms with van der Waals surface area (Å²) in [5, 5.41) is 6.28. The standard InChI is InChI=1S/C15H20N4O/c1-16-14-13(20-2)15(19-11-18-14)17-10-6-9-12-7-4-3-5-8-12/h3-5,7-8,11H,6,9-10H2,1-2H3,(H2,16,17,18,19). The zero-order valence-electron chi connectivity index (χ0n) is 11.9. The highest BCUT2D eigenvalue weighted by atomic mass is 16.5. The molecule has 1 heterocycles. The molecule has 0 aliphatic heterocycles. The van der Waals surface area contributed by atoms with Crippen LogP contribution >= 0.6 is 0 Å². The van der Waals surface area contributed by atoms with Crippen molar-refractivity contribution < 1.29 is 4.74 Å². The second-order valence-corrected chi connectivity index (χ2v) is 4.37. The molecule has 2 rings (SSSR count). The summed E-state index contributed by atoms with van der Waals surface area (Å²) in [5.41, 5.74) is 1.35. The van der Waals surface area contributed by atoms with Gasteiger partial charge < -0.3 is 15.4 Å². The molecule has 2 aromatic rings. The molecule has 0 saturated heterocycles.